The van der Waals surface area contributed by atoms with Crippen molar-refractivity contribution in [2.45, 2.75) is 26.2 Å². The summed E-state index contributed by atoms with van der Waals surface area (Å²) in [7, 11) is 0. The molecule has 1 aromatic carbocycles. The van der Waals surface area contributed by atoms with Crippen LogP contribution in [0.4, 0.5) is 0 Å². The number of rotatable bonds is 3. The molecule has 0 saturated carbocycles. The molecule has 1 aliphatic heterocycles. The lowest BCUT2D eigenvalue weighted by molar-refractivity contribution is 0.814. The van der Waals surface area contributed by atoms with Crippen LogP contribution in [0.2, 0.25) is 0 Å². The van der Waals surface area contributed by atoms with Gasteiger partial charge in [-0.1, -0.05) is 36.8 Å². The molecule has 2 heteroatoms. The lowest BCUT2D eigenvalue weighted by Gasteiger charge is -2.16. The summed E-state index contributed by atoms with van der Waals surface area (Å²) in [5.74, 6) is 1.62. The molecule has 15 heavy (non-hydrogen) atoms. The molecule has 0 spiro atoms. The van der Waals surface area contributed by atoms with Gasteiger partial charge in [-0.2, -0.15) is 0 Å². The topological polar surface area (TPSA) is 24.4 Å². The van der Waals surface area contributed by atoms with Gasteiger partial charge in [-0.3, -0.25) is 4.99 Å². The van der Waals surface area contributed by atoms with E-state index in [1.807, 2.05) is 0 Å². The van der Waals surface area contributed by atoms with E-state index in [4.69, 9.17) is 0 Å². The third kappa shape index (κ3) is 2.20. The minimum absolute atomic E-state index is 0.452. The number of aliphatic imine (C=N–C) groups is 1. The Kier molecular flexibility index (Phi) is 3.05. The first kappa shape index (κ1) is 10.2. The minimum atomic E-state index is 0.452. The molecule has 1 N–H and O–H groups in total. The van der Waals surface area contributed by atoms with Crippen LogP contribution in [0.5, 0.6) is 0 Å². The summed E-state index contributed by atoms with van der Waals surface area (Å²) in [6.07, 6.45) is 1.11. The molecule has 0 saturated heterocycles. The predicted molar refractivity (Wildman–Crippen MR) is 64.5 cm³/mol. The molecule has 80 valence electrons. The van der Waals surface area contributed by atoms with Crippen molar-refractivity contribution in [1.29, 1.82) is 0 Å². The molecule has 0 amide bonds. The summed E-state index contributed by atoms with van der Waals surface area (Å²) in [4.78, 5) is 4.51. The summed E-state index contributed by atoms with van der Waals surface area (Å²) in [5, 5.41) is 3.37. The first-order valence-electron chi connectivity index (χ1n) is 5.66. The molecule has 1 heterocycles. The number of nitrogens with one attached hydrogen (secondary N) is 1. The average molecular weight is 202 g/mol. The molecule has 0 fully saturated rings. The third-order valence-electron chi connectivity index (χ3n) is 2.92. The lowest BCUT2D eigenvalue weighted by atomic mass is 9.94. The maximum atomic E-state index is 4.51. The highest BCUT2D eigenvalue weighted by Crippen LogP contribution is 2.21. The van der Waals surface area contributed by atoms with Crippen LogP contribution < -0.4 is 5.32 Å². The second-order valence-electron chi connectivity index (χ2n) is 4.07. The Bertz CT molecular complexity index is 351. The Hall–Kier alpha value is -1.31. The molecule has 1 aliphatic rings. The van der Waals surface area contributed by atoms with E-state index in [0.29, 0.717) is 5.92 Å². The van der Waals surface area contributed by atoms with Gasteiger partial charge in [0.1, 0.15) is 5.84 Å². The first-order valence-corrected chi connectivity index (χ1v) is 5.66. The van der Waals surface area contributed by atoms with Crippen molar-refractivity contribution in [2.24, 2.45) is 4.99 Å². The number of nitrogens with zero attached hydrogens (tertiary/aromatic N) is 1. The van der Waals surface area contributed by atoms with Crippen molar-refractivity contribution in [3.8, 4) is 0 Å². The Balaban J connectivity index is 2.22. The molecule has 1 aromatic rings. The van der Waals surface area contributed by atoms with Crippen molar-refractivity contribution in [2.75, 3.05) is 13.1 Å². The van der Waals surface area contributed by atoms with Crippen LogP contribution in [-0.4, -0.2) is 18.9 Å². The van der Waals surface area contributed by atoms with Gasteiger partial charge in [0, 0.05) is 12.5 Å². The fourth-order valence-electron chi connectivity index (χ4n) is 2.04. The van der Waals surface area contributed by atoms with Crippen molar-refractivity contribution in [3.05, 3.63) is 35.4 Å². The average Bonchev–Trinajstić information content (AvgIpc) is 2.75. The van der Waals surface area contributed by atoms with E-state index in [1.165, 1.54) is 17.0 Å². The Morgan fingerprint density at radius 2 is 2.07 bits per heavy atom. The third-order valence-corrected chi connectivity index (χ3v) is 2.92. The van der Waals surface area contributed by atoms with Crippen LogP contribution >= 0.6 is 0 Å². The van der Waals surface area contributed by atoms with Crippen LogP contribution in [0.15, 0.2) is 29.3 Å². The molecule has 0 aromatic heterocycles. The van der Waals surface area contributed by atoms with Crippen molar-refractivity contribution < 1.29 is 0 Å². The number of aryl methyl sites for hydroxylation is 1. The molecule has 0 aliphatic carbocycles. The zero-order valence-electron chi connectivity index (χ0n) is 9.46. The van der Waals surface area contributed by atoms with Crippen LogP contribution in [-0.2, 0) is 0 Å². The quantitative estimate of drug-likeness (QED) is 0.800. The van der Waals surface area contributed by atoms with Gasteiger partial charge < -0.3 is 5.32 Å². The highest BCUT2D eigenvalue weighted by Gasteiger charge is 2.18. The van der Waals surface area contributed by atoms with Crippen molar-refractivity contribution >= 4 is 5.84 Å². The zero-order valence-corrected chi connectivity index (χ0v) is 9.46. The lowest BCUT2D eigenvalue weighted by Crippen LogP contribution is -2.25. The molecular formula is C13H18N2. The highest BCUT2D eigenvalue weighted by atomic mass is 15.1. The van der Waals surface area contributed by atoms with Crippen LogP contribution in [0.25, 0.3) is 0 Å². The van der Waals surface area contributed by atoms with Gasteiger partial charge in [0.25, 0.3) is 0 Å². The molecule has 2 nitrogen and oxygen atoms in total. The molecule has 0 radical (unpaired) electrons. The Morgan fingerprint density at radius 3 is 2.60 bits per heavy atom. The van der Waals surface area contributed by atoms with E-state index in [-0.39, 0.29) is 0 Å². The summed E-state index contributed by atoms with van der Waals surface area (Å²) >= 11 is 0. The van der Waals surface area contributed by atoms with E-state index in [9.17, 15) is 0 Å². The summed E-state index contributed by atoms with van der Waals surface area (Å²) in [5.41, 5.74) is 2.69. The van der Waals surface area contributed by atoms with Gasteiger partial charge in [0.2, 0.25) is 0 Å². The van der Waals surface area contributed by atoms with E-state index in [1.54, 1.807) is 0 Å². The SMILES string of the molecule is CC[C@@H](C1=NCCN1)c1ccc(C)cc1. The second-order valence-corrected chi connectivity index (χ2v) is 4.07. The normalized spacial score (nSPS) is 17.1. The van der Waals surface area contributed by atoms with Gasteiger partial charge >= 0.3 is 0 Å². The maximum absolute atomic E-state index is 4.51. The summed E-state index contributed by atoms with van der Waals surface area (Å²) < 4.78 is 0. The fourth-order valence-corrected chi connectivity index (χ4v) is 2.04. The van der Waals surface area contributed by atoms with Gasteiger partial charge in [-0.25, -0.2) is 0 Å². The standard InChI is InChI=1S/C13H18N2/c1-3-12(13-14-8-9-15-13)11-6-4-10(2)5-7-11/h4-7,12H,3,8-9H2,1-2H3,(H,14,15)/t12-/m1/s1. The van der Waals surface area contributed by atoms with E-state index in [0.717, 1.165) is 19.5 Å². The minimum Gasteiger partial charge on any atom is -0.371 e. The molecule has 0 unspecified atom stereocenters. The van der Waals surface area contributed by atoms with Gasteiger partial charge in [-0.05, 0) is 18.9 Å². The monoisotopic (exact) mass is 202 g/mol. The fraction of sp³-hybridized carbons (Fsp3) is 0.462. The van der Waals surface area contributed by atoms with E-state index < -0.39 is 0 Å². The number of benzene rings is 1. The Labute approximate surface area is 91.4 Å². The molecular weight excluding hydrogens is 184 g/mol. The summed E-state index contributed by atoms with van der Waals surface area (Å²) in [6.45, 7) is 6.26. The van der Waals surface area contributed by atoms with Crippen molar-refractivity contribution in [1.82, 2.24) is 5.32 Å². The van der Waals surface area contributed by atoms with Crippen LogP contribution in [0.1, 0.15) is 30.4 Å². The maximum Gasteiger partial charge on any atom is 0.104 e. The smallest absolute Gasteiger partial charge is 0.104 e. The number of amidine groups is 1. The van der Waals surface area contributed by atoms with Gasteiger partial charge in [0.15, 0.2) is 0 Å². The highest BCUT2D eigenvalue weighted by molar-refractivity contribution is 5.90. The largest absolute Gasteiger partial charge is 0.371 e. The van der Waals surface area contributed by atoms with Crippen LogP contribution in [0.3, 0.4) is 0 Å². The van der Waals surface area contributed by atoms with E-state index >= 15 is 0 Å². The molecule has 0 bridgehead atoms. The van der Waals surface area contributed by atoms with Gasteiger partial charge in [-0.15, -0.1) is 0 Å². The first-order chi connectivity index (χ1) is 7.31. The van der Waals surface area contributed by atoms with Crippen molar-refractivity contribution in [3.63, 3.8) is 0 Å². The predicted octanol–water partition coefficient (Wildman–Crippen LogP) is 2.49. The van der Waals surface area contributed by atoms with E-state index in [2.05, 4.69) is 48.4 Å². The number of hydrogen-bond acceptors (Lipinski definition) is 2. The van der Waals surface area contributed by atoms with Gasteiger partial charge in [0.05, 0.1) is 6.54 Å². The summed E-state index contributed by atoms with van der Waals surface area (Å²) in [6, 6.07) is 8.78. The molecule has 2 rings (SSSR count). The second kappa shape index (κ2) is 4.47. The van der Waals surface area contributed by atoms with Crippen LogP contribution in [0, 0.1) is 6.92 Å². The number of hydrogen-bond donors (Lipinski definition) is 1. The molecule has 1 atom stereocenters. The zero-order chi connectivity index (χ0) is 10.7. The Morgan fingerprint density at radius 1 is 1.33 bits per heavy atom.